The molecule has 1 amide bonds. The van der Waals surface area contributed by atoms with Crippen LogP contribution < -0.4 is 5.32 Å². The van der Waals surface area contributed by atoms with Gasteiger partial charge in [-0.25, -0.2) is 0 Å². The number of rotatable bonds is 6. The van der Waals surface area contributed by atoms with Gasteiger partial charge in [-0.1, -0.05) is 17.3 Å². The quantitative estimate of drug-likeness (QED) is 0.604. The molecule has 0 atom stereocenters. The average molecular weight is 415 g/mol. The monoisotopic (exact) mass is 414 g/mol. The zero-order valence-electron chi connectivity index (χ0n) is 15.6. The Morgan fingerprint density at radius 1 is 1.32 bits per heavy atom. The summed E-state index contributed by atoms with van der Waals surface area (Å²) in [5, 5.41) is 9.12. The van der Waals surface area contributed by atoms with Crippen molar-refractivity contribution in [2.24, 2.45) is 5.92 Å². The van der Waals surface area contributed by atoms with E-state index in [1.807, 2.05) is 48.0 Å². The Labute approximate surface area is 172 Å². The molecule has 1 saturated heterocycles. The van der Waals surface area contributed by atoms with Crippen LogP contribution >= 0.6 is 23.1 Å². The minimum absolute atomic E-state index is 0.0403. The van der Waals surface area contributed by atoms with Gasteiger partial charge in [-0.15, -0.1) is 23.1 Å². The largest absolute Gasteiger partial charge is 0.338 e. The van der Waals surface area contributed by atoms with E-state index in [1.54, 1.807) is 23.1 Å². The van der Waals surface area contributed by atoms with Crippen LogP contribution in [0, 0.1) is 5.92 Å². The lowest BCUT2D eigenvalue weighted by Gasteiger charge is -2.30. The van der Waals surface area contributed by atoms with Crippen molar-refractivity contribution in [3.8, 4) is 10.7 Å². The highest BCUT2D eigenvalue weighted by Crippen LogP contribution is 2.24. The number of anilines is 1. The molecule has 0 radical (unpaired) electrons. The van der Waals surface area contributed by atoms with Crippen LogP contribution in [0.1, 0.15) is 18.7 Å². The second-order valence-corrected chi connectivity index (χ2v) is 8.59. The molecule has 2 aromatic heterocycles. The van der Waals surface area contributed by atoms with Crippen LogP contribution in [0.4, 0.5) is 5.69 Å². The Bertz CT molecular complexity index is 918. The van der Waals surface area contributed by atoms with E-state index in [2.05, 4.69) is 20.4 Å². The molecular weight excluding hydrogens is 392 g/mol. The first-order chi connectivity index (χ1) is 13.7. The molecule has 4 rings (SSSR count). The third-order valence-electron chi connectivity index (χ3n) is 4.86. The molecule has 1 aliphatic rings. The molecular formula is C20H22N4O2S2. The normalized spacial score (nSPS) is 15.6. The fourth-order valence-electron chi connectivity index (χ4n) is 3.31. The number of aromatic nitrogens is 2. The van der Waals surface area contributed by atoms with Crippen LogP contribution in [0.3, 0.4) is 0 Å². The van der Waals surface area contributed by atoms with Crippen LogP contribution in [0.15, 0.2) is 51.2 Å². The number of nitrogens with zero attached hydrogens (tertiary/aromatic N) is 3. The van der Waals surface area contributed by atoms with Crippen LogP contribution in [-0.2, 0) is 11.3 Å². The van der Waals surface area contributed by atoms with Crippen LogP contribution in [0.5, 0.6) is 0 Å². The Morgan fingerprint density at radius 3 is 2.93 bits per heavy atom. The predicted molar refractivity (Wildman–Crippen MR) is 112 cm³/mol. The predicted octanol–water partition coefficient (Wildman–Crippen LogP) is 4.37. The van der Waals surface area contributed by atoms with E-state index in [9.17, 15) is 4.79 Å². The number of likely N-dealkylation sites (tertiary alicyclic amines) is 1. The molecule has 0 unspecified atom stereocenters. The average Bonchev–Trinajstić information content (AvgIpc) is 3.40. The smallest absolute Gasteiger partial charge is 0.241 e. The summed E-state index contributed by atoms with van der Waals surface area (Å²) in [6.07, 6.45) is 3.70. The molecule has 0 bridgehead atoms. The van der Waals surface area contributed by atoms with E-state index >= 15 is 0 Å². The molecule has 1 aliphatic heterocycles. The number of thioether (sulfide) groups is 1. The zero-order valence-corrected chi connectivity index (χ0v) is 17.3. The van der Waals surface area contributed by atoms with Gasteiger partial charge in [0.1, 0.15) is 0 Å². The lowest BCUT2D eigenvalue weighted by atomic mass is 9.96. The third kappa shape index (κ3) is 4.63. The van der Waals surface area contributed by atoms with E-state index in [0.29, 0.717) is 18.3 Å². The van der Waals surface area contributed by atoms with Gasteiger partial charge in [-0.3, -0.25) is 9.69 Å². The molecule has 0 aliphatic carbocycles. The molecule has 1 aromatic carbocycles. The SMILES string of the molecule is CSc1cccc(NC(=O)C2CCN(Cc3nc(-c4cccs4)no3)CC2)c1. The molecule has 0 saturated carbocycles. The summed E-state index contributed by atoms with van der Waals surface area (Å²) in [5.74, 6) is 1.42. The topological polar surface area (TPSA) is 71.3 Å². The summed E-state index contributed by atoms with van der Waals surface area (Å²) in [5.41, 5.74) is 0.867. The van der Waals surface area contributed by atoms with Gasteiger partial charge in [0.2, 0.25) is 17.6 Å². The van der Waals surface area contributed by atoms with E-state index in [0.717, 1.165) is 41.4 Å². The highest BCUT2D eigenvalue weighted by atomic mass is 32.2. The number of carbonyl (C=O) groups is 1. The van der Waals surface area contributed by atoms with Crippen molar-refractivity contribution < 1.29 is 9.32 Å². The minimum atomic E-state index is 0.0403. The second kappa shape index (κ2) is 8.89. The van der Waals surface area contributed by atoms with Crippen molar-refractivity contribution in [3.63, 3.8) is 0 Å². The number of amides is 1. The first-order valence-electron chi connectivity index (χ1n) is 9.25. The van der Waals surface area contributed by atoms with Crippen molar-refractivity contribution in [1.82, 2.24) is 15.0 Å². The first-order valence-corrected chi connectivity index (χ1v) is 11.4. The second-order valence-electron chi connectivity index (χ2n) is 6.76. The van der Waals surface area contributed by atoms with Crippen molar-refractivity contribution >= 4 is 34.7 Å². The fourth-order valence-corrected chi connectivity index (χ4v) is 4.42. The Balaban J connectivity index is 1.28. The van der Waals surface area contributed by atoms with Gasteiger partial charge in [-0.2, -0.15) is 4.98 Å². The maximum absolute atomic E-state index is 12.6. The Hall–Kier alpha value is -2.16. The maximum Gasteiger partial charge on any atom is 0.241 e. The molecule has 0 spiro atoms. The van der Waals surface area contributed by atoms with Crippen molar-refractivity contribution in [3.05, 3.63) is 47.7 Å². The molecule has 6 nitrogen and oxygen atoms in total. The van der Waals surface area contributed by atoms with Gasteiger partial charge in [0.15, 0.2) is 0 Å². The number of piperidine rings is 1. The number of carbonyl (C=O) groups excluding carboxylic acids is 1. The first kappa shape index (κ1) is 19.2. The molecule has 1 N–H and O–H groups in total. The lowest BCUT2D eigenvalue weighted by molar-refractivity contribution is -0.121. The number of benzene rings is 1. The van der Waals surface area contributed by atoms with Gasteiger partial charge in [0.05, 0.1) is 11.4 Å². The highest BCUT2D eigenvalue weighted by Gasteiger charge is 2.26. The number of hydrogen-bond acceptors (Lipinski definition) is 7. The molecule has 146 valence electrons. The fraction of sp³-hybridized carbons (Fsp3) is 0.350. The summed E-state index contributed by atoms with van der Waals surface area (Å²) in [7, 11) is 0. The van der Waals surface area contributed by atoms with Gasteiger partial charge >= 0.3 is 0 Å². The van der Waals surface area contributed by atoms with Crippen LogP contribution in [-0.4, -0.2) is 40.3 Å². The third-order valence-corrected chi connectivity index (χ3v) is 6.46. The molecule has 8 heteroatoms. The van der Waals surface area contributed by atoms with Crippen molar-refractivity contribution in [1.29, 1.82) is 0 Å². The molecule has 3 aromatic rings. The van der Waals surface area contributed by atoms with E-state index in [-0.39, 0.29) is 11.8 Å². The number of hydrogen-bond donors (Lipinski definition) is 1. The maximum atomic E-state index is 12.6. The Kier molecular flexibility index (Phi) is 6.09. The molecule has 28 heavy (non-hydrogen) atoms. The molecule has 3 heterocycles. The van der Waals surface area contributed by atoms with Gasteiger partial charge in [0, 0.05) is 16.5 Å². The van der Waals surface area contributed by atoms with Gasteiger partial charge in [0.25, 0.3) is 0 Å². The minimum Gasteiger partial charge on any atom is -0.338 e. The van der Waals surface area contributed by atoms with Crippen molar-refractivity contribution in [2.45, 2.75) is 24.3 Å². The standard InChI is InChI=1S/C20H22N4O2S2/c1-27-16-5-2-4-15(12-16)21-20(25)14-7-9-24(10-8-14)13-18-22-19(23-26-18)17-6-3-11-28-17/h2-6,11-12,14H,7-10,13H2,1H3,(H,21,25). The van der Waals surface area contributed by atoms with Crippen LogP contribution in [0.25, 0.3) is 10.7 Å². The number of nitrogens with one attached hydrogen (secondary N) is 1. The van der Waals surface area contributed by atoms with Crippen LogP contribution in [0.2, 0.25) is 0 Å². The van der Waals surface area contributed by atoms with Crippen molar-refractivity contribution in [2.75, 3.05) is 24.7 Å². The van der Waals surface area contributed by atoms with Gasteiger partial charge < -0.3 is 9.84 Å². The summed E-state index contributed by atoms with van der Waals surface area (Å²) >= 11 is 3.27. The van der Waals surface area contributed by atoms with E-state index in [1.165, 1.54) is 0 Å². The summed E-state index contributed by atoms with van der Waals surface area (Å²) < 4.78 is 5.39. The highest BCUT2D eigenvalue weighted by molar-refractivity contribution is 7.98. The van der Waals surface area contributed by atoms with Gasteiger partial charge in [-0.05, 0) is 61.8 Å². The molecule has 1 fully saturated rings. The lowest BCUT2D eigenvalue weighted by Crippen LogP contribution is -2.37. The summed E-state index contributed by atoms with van der Waals surface area (Å²) in [6, 6.07) is 11.9. The Morgan fingerprint density at radius 2 is 2.18 bits per heavy atom. The summed E-state index contributed by atoms with van der Waals surface area (Å²) in [4.78, 5) is 21.5. The van der Waals surface area contributed by atoms with E-state index < -0.39 is 0 Å². The summed E-state index contributed by atoms with van der Waals surface area (Å²) in [6.45, 7) is 2.32. The zero-order chi connectivity index (χ0) is 19.3. The number of thiophene rings is 1. The van der Waals surface area contributed by atoms with E-state index in [4.69, 9.17) is 4.52 Å².